The molecule has 16 heavy (non-hydrogen) atoms. The summed E-state index contributed by atoms with van der Waals surface area (Å²) < 4.78 is 1.48. The molecule has 1 aromatic heterocycles. The Labute approximate surface area is 92.6 Å². The number of nitrogens with zero attached hydrogens (tertiary/aromatic N) is 4. The fourth-order valence-electron chi connectivity index (χ4n) is 1.26. The average Bonchev–Trinajstić information content (AvgIpc) is 2.64. The molecule has 0 saturated heterocycles. The second kappa shape index (κ2) is 6.03. The van der Waals surface area contributed by atoms with Crippen LogP contribution in [0.1, 0.15) is 6.42 Å². The fraction of sp³-hybridized carbons (Fsp3) is 0.625. The molecule has 1 aromatic rings. The van der Waals surface area contributed by atoms with E-state index in [1.54, 1.807) is 0 Å². The van der Waals surface area contributed by atoms with Gasteiger partial charge in [0, 0.05) is 25.7 Å². The standard InChI is InChI=1S/C8H16N6O2/c9-7(10)13-8-11-5-12-14(8)3-6(4-16)1-2-15/h5-6,15-16H,1-4H2,(H4,9,10,11,12,13)/t6-/m1/s1. The first-order chi connectivity index (χ1) is 7.67. The van der Waals surface area contributed by atoms with Gasteiger partial charge in [0.15, 0.2) is 5.96 Å². The molecule has 0 spiro atoms. The summed E-state index contributed by atoms with van der Waals surface area (Å²) in [6, 6.07) is 0. The van der Waals surface area contributed by atoms with Gasteiger partial charge < -0.3 is 21.7 Å². The predicted molar refractivity (Wildman–Crippen MR) is 57.8 cm³/mol. The lowest BCUT2D eigenvalue weighted by molar-refractivity contribution is 0.168. The van der Waals surface area contributed by atoms with Crippen LogP contribution in [0.15, 0.2) is 11.3 Å². The Bertz CT molecular complexity index is 346. The van der Waals surface area contributed by atoms with E-state index in [9.17, 15) is 0 Å². The average molecular weight is 228 g/mol. The Morgan fingerprint density at radius 3 is 2.81 bits per heavy atom. The molecule has 0 amide bonds. The molecule has 8 nitrogen and oxygen atoms in total. The first-order valence-corrected chi connectivity index (χ1v) is 4.86. The van der Waals surface area contributed by atoms with Crippen LogP contribution < -0.4 is 11.5 Å². The zero-order chi connectivity index (χ0) is 12.0. The van der Waals surface area contributed by atoms with Crippen LogP contribution in [0, 0.1) is 5.92 Å². The van der Waals surface area contributed by atoms with Crippen LogP contribution in [0.5, 0.6) is 0 Å². The van der Waals surface area contributed by atoms with E-state index in [0.29, 0.717) is 13.0 Å². The van der Waals surface area contributed by atoms with Crippen LogP contribution in [0.2, 0.25) is 0 Å². The first-order valence-electron chi connectivity index (χ1n) is 4.86. The highest BCUT2D eigenvalue weighted by atomic mass is 16.3. The van der Waals surface area contributed by atoms with Gasteiger partial charge >= 0.3 is 0 Å². The summed E-state index contributed by atoms with van der Waals surface area (Å²) in [7, 11) is 0. The molecular formula is C8H16N6O2. The van der Waals surface area contributed by atoms with Crippen molar-refractivity contribution in [1.82, 2.24) is 14.8 Å². The van der Waals surface area contributed by atoms with Crippen molar-refractivity contribution < 1.29 is 10.2 Å². The molecule has 0 aliphatic carbocycles. The zero-order valence-corrected chi connectivity index (χ0v) is 8.82. The quantitative estimate of drug-likeness (QED) is 0.334. The normalized spacial score (nSPS) is 12.4. The Balaban J connectivity index is 2.72. The van der Waals surface area contributed by atoms with E-state index in [1.807, 2.05) is 0 Å². The van der Waals surface area contributed by atoms with Gasteiger partial charge in [-0.2, -0.15) is 15.1 Å². The molecule has 0 saturated carbocycles. The van der Waals surface area contributed by atoms with E-state index in [2.05, 4.69) is 15.1 Å². The third-order valence-corrected chi connectivity index (χ3v) is 2.05. The summed E-state index contributed by atoms with van der Waals surface area (Å²) in [5.74, 6) is 0.0907. The number of aromatic nitrogens is 3. The molecule has 90 valence electrons. The van der Waals surface area contributed by atoms with Crippen molar-refractivity contribution in [1.29, 1.82) is 0 Å². The minimum Gasteiger partial charge on any atom is -0.396 e. The maximum absolute atomic E-state index is 9.07. The summed E-state index contributed by atoms with van der Waals surface area (Å²) >= 11 is 0. The SMILES string of the molecule is NC(N)=Nc1ncnn1C[C@H](CO)CCO. The van der Waals surface area contributed by atoms with Gasteiger partial charge in [0.25, 0.3) is 5.95 Å². The van der Waals surface area contributed by atoms with Crippen molar-refractivity contribution in [3.63, 3.8) is 0 Å². The minimum atomic E-state index is -0.100. The highest BCUT2D eigenvalue weighted by Crippen LogP contribution is 2.11. The van der Waals surface area contributed by atoms with Gasteiger partial charge in [0.2, 0.25) is 0 Å². The molecule has 0 aromatic carbocycles. The molecule has 0 radical (unpaired) electrons. The molecule has 1 rings (SSSR count). The number of rotatable bonds is 6. The lowest BCUT2D eigenvalue weighted by Crippen LogP contribution is -2.23. The third kappa shape index (κ3) is 3.48. The monoisotopic (exact) mass is 228 g/mol. The number of aliphatic hydroxyl groups is 2. The van der Waals surface area contributed by atoms with Crippen LogP contribution in [0.25, 0.3) is 0 Å². The Kier molecular flexibility index (Phi) is 4.67. The van der Waals surface area contributed by atoms with Gasteiger partial charge in [0.05, 0.1) is 0 Å². The Hall–Kier alpha value is -1.67. The summed E-state index contributed by atoms with van der Waals surface area (Å²) in [5.41, 5.74) is 10.5. The molecule has 0 fully saturated rings. The second-order valence-electron chi connectivity index (χ2n) is 3.34. The van der Waals surface area contributed by atoms with Gasteiger partial charge in [-0.15, -0.1) is 0 Å². The maximum atomic E-state index is 9.07. The topological polar surface area (TPSA) is 136 Å². The largest absolute Gasteiger partial charge is 0.396 e. The summed E-state index contributed by atoms with van der Waals surface area (Å²) in [5, 5.41) is 21.8. The molecule has 8 heteroatoms. The van der Waals surface area contributed by atoms with Crippen LogP contribution in [-0.4, -0.2) is 44.2 Å². The van der Waals surface area contributed by atoms with E-state index in [1.165, 1.54) is 11.0 Å². The molecular weight excluding hydrogens is 212 g/mol. The van der Waals surface area contributed by atoms with Crippen molar-refractivity contribution in [3.8, 4) is 0 Å². The van der Waals surface area contributed by atoms with Crippen LogP contribution in [0.3, 0.4) is 0 Å². The van der Waals surface area contributed by atoms with E-state index in [0.717, 1.165) is 0 Å². The smallest absolute Gasteiger partial charge is 0.251 e. The van der Waals surface area contributed by atoms with E-state index < -0.39 is 0 Å². The molecule has 0 unspecified atom stereocenters. The summed E-state index contributed by atoms with van der Waals surface area (Å²) in [6.45, 7) is 0.377. The summed E-state index contributed by atoms with van der Waals surface area (Å²) in [4.78, 5) is 7.65. The third-order valence-electron chi connectivity index (χ3n) is 2.05. The molecule has 1 atom stereocenters. The molecule has 0 bridgehead atoms. The van der Waals surface area contributed by atoms with Crippen molar-refractivity contribution in [2.45, 2.75) is 13.0 Å². The molecule has 6 N–H and O–H groups in total. The van der Waals surface area contributed by atoms with Crippen molar-refractivity contribution in [2.24, 2.45) is 22.4 Å². The van der Waals surface area contributed by atoms with Crippen LogP contribution >= 0.6 is 0 Å². The second-order valence-corrected chi connectivity index (χ2v) is 3.34. The van der Waals surface area contributed by atoms with Gasteiger partial charge in [-0.3, -0.25) is 0 Å². The number of hydrogen-bond donors (Lipinski definition) is 4. The number of nitrogens with two attached hydrogens (primary N) is 2. The van der Waals surface area contributed by atoms with Crippen molar-refractivity contribution >= 4 is 11.9 Å². The number of hydrogen-bond acceptors (Lipinski definition) is 5. The number of aliphatic imine (C=N–C) groups is 1. The van der Waals surface area contributed by atoms with Crippen LogP contribution in [0.4, 0.5) is 5.95 Å². The van der Waals surface area contributed by atoms with Gasteiger partial charge in [-0.25, -0.2) is 4.68 Å². The first kappa shape index (κ1) is 12.4. The maximum Gasteiger partial charge on any atom is 0.251 e. The van der Waals surface area contributed by atoms with Gasteiger partial charge in [0.1, 0.15) is 6.33 Å². The lowest BCUT2D eigenvalue weighted by atomic mass is 10.1. The number of guanidine groups is 1. The molecule has 0 aliphatic rings. The highest BCUT2D eigenvalue weighted by molar-refractivity contribution is 5.77. The fourth-order valence-corrected chi connectivity index (χ4v) is 1.26. The van der Waals surface area contributed by atoms with Crippen molar-refractivity contribution in [3.05, 3.63) is 6.33 Å². The van der Waals surface area contributed by atoms with E-state index in [-0.39, 0.29) is 31.0 Å². The summed E-state index contributed by atoms with van der Waals surface area (Å²) in [6.07, 6.45) is 1.81. The van der Waals surface area contributed by atoms with Gasteiger partial charge in [-0.1, -0.05) is 0 Å². The Morgan fingerprint density at radius 2 is 2.25 bits per heavy atom. The van der Waals surface area contributed by atoms with Crippen LogP contribution in [-0.2, 0) is 6.54 Å². The lowest BCUT2D eigenvalue weighted by Gasteiger charge is -2.12. The van der Waals surface area contributed by atoms with Gasteiger partial charge in [-0.05, 0) is 6.42 Å². The highest BCUT2D eigenvalue weighted by Gasteiger charge is 2.11. The van der Waals surface area contributed by atoms with E-state index >= 15 is 0 Å². The molecule has 0 aliphatic heterocycles. The van der Waals surface area contributed by atoms with E-state index in [4.69, 9.17) is 21.7 Å². The minimum absolute atomic E-state index is 0.0115. The predicted octanol–water partition coefficient (Wildman–Crippen LogP) is -1.83. The molecule has 1 heterocycles. The number of aliphatic hydroxyl groups excluding tert-OH is 2. The Morgan fingerprint density at radius 1 is 1.50 bits per heavy atom. The van der Waals surface area contributed by atoms with Crippen molar-refractivity contribution in [2.75, 3.05) is 13.2 Å². The zero-order valence-electron chi connectivity index (χ0n) is 8.82.